The van der Waals surface area contributed by atoms with Crippen LogP contribution in [0.2, 0.25) is 0 Å². The molecule has 2 fully saturated rings. The molecule has 0 radical (unpaired) electrons. The summed E-state index contributed by atoms with van der Waals surface area (Å²) in [6.45, 7) is 6.40. The summed E-state index contributed by atoms with van der Waals surface area (Å²) >= 11 is 0. The van der Waals surface area contributed by atoms with E-state index in [1.54, 1.807) is 11.0 Å². The van der Waals surface area contributed by atoms with Gasteiger partial charge in [0.05, 0.1) is 0 Å². The lowest BCUT2D eigenvalue weighted by atomic mass is 9.99. The summed E-state index contributed by atoms with van der Waals surface area (Å²) in [5.74, 6) is 1.42. The standard InChI is InChI=1S/C22H26N4O3/c1-14-10-16(11-17-13-26(22(28)20(14)17)7-4-15-2-3-15)19-12-18(24-29-19)21(27)25-8-5-23-6-9-25/h10-12,15,23H,2-9,13H2,1H3. The third-order valence-corrected chi connectivity index (χ3v) is 6.20. The fraction of sp³-hybridized carbons (Fsp3) is 0.500. The molecule has 2 aromatic rings. The number of fused-ring (bicyclic) bond motifs is 1. The van der Waals surface area contributed by atoms with Crippen LogP contribution in [0.15, 0.2) is 22.7 Å². The van der Waals surface area contributed by atoms with Crippen LogP contribution < -0.4 is 5.32 Å². The van der Waals surface area contributed by atoms with Gasteiger partial charge in [-0.25, -0.2) is 0 Å². The number of piperazine rings is 1. The zero-order valence-corrected chi connectivity index (χ0v) is 16.7. The van der Waals surface area contributed by atoms with Gasteiger partial charge in [0.1, 0.15) is 0 Å². The predicted octanol–water partition coefficient (Wildman–Crippen LogP) is 2.45. The van der Waals surface area contributed by atoms with Gasteiger partial charge in [-0.3, -0.25) is 9.59 Å². The van der Waals surface area contributed by atoms with E-state index in [0.29, 0.717) is 31.1 Å². The topological polar surface area (TPSA) is 78.7 Å². The molecule has 1 aromatic carbocycles. The second-order valence-corrected chi connectivity index (χ2v) is 8.40. The number of hydrogen-bond acceptors (Lipinski definition) is 5. The van der Waals surface area contributed by atoms with Gasteiger partial charge in [-0.1, -0.05) is 18.0 Å². The molecule has 29 heavy (non-hydrogen) atoms. The highest BCUT2D eigenvalue weighted by atomic mass is 16.5. The number of amides is 2. The number of aromatic nitrogens is 1. The Balaban J connectivity index is 1.36. The van der Waals surface area contributed by atoms with Crippen LogP contribution in [-0.2, 0) is 6.54 Å². The van der Waals surface area contributed by atoms with Crippen molar-refractivity contribution in [3.05, 3.63) is 40.6 Å². The first kappa shape index (κ1) is 18.4. The normalized spacial score (nSPS) is 19.0. The van der Waals surface area contributed by atoms with Crippen LogP contribution in [0.25, 0.3) is 11.3 Å². The largest absolute Gasteiger partial charge is 0.355 e. The second kappa shape index (κ2) is 7.30. The zero-order chi connectivity index (χ0) is 20.0. The van der Waals surface area contributed by atoms with Crippen LogP contribution in [0.5, 0.6) is 0 Å². The lowest BCUT2D eigenvalue weighted by Crippen LogP contribution is -2.46. The predicted molar refractivity (Wildman–Crippen MR) is 108 cm³/mol. The van der Waals surface area contributed by atoms with Crippen molar-refractivity contribution in [3.8, 4) is 11.3 Å². The number of nitrogens with one attached hydrogen (secondary N) is 1. The molecule has 1 saturated carbocycles. The molecular weight excluding hydrogens is 368 g/mol. The lowest BCUT2D eigenvalue weighted by molar-refractivity contribution is 0.0724. The van der Waals surface area contributed by atoms with Crippen LogP contribution in [0.1, 0.15) is 51.2 Å². The van der Waals surface area contributed by atoms with E-state index in [4.69, 9.17) is 4.52 Å². The van der Waals surface area contributed by atoms with E-state index in [-0.39, 0.29) is 11.8 Å². The van der Waals surface area contributed by atoms with Gasteiger partial charge in [-0.05, 0) is 42.5 Å². The van der Waals surface area contributed by atoms with Gasteiger partial charge < -0.3 is 19.6 Å². The van der Waals surface area contributed by atoms with E-state index < -0.39 is 0 Å². The molecule has 152 valence electrons. The minimum atomic E-state index is -0.0965. The maximum absolute atomic E-state index is 12.8. The first-order chi connectivity index (χ1) is 14.1. The number of nitrogens with zero attached hydrogens (tertiary/aromatic N) is 3. The average Bonchev–Trinajstić information content (AvgIpc) is 3.32. The Kier molecular flexibility index (Phi) is 4.62. The van der Waals surface area contributed by atoms with Crippen molar-refractivity contribution in [2.45, 2.75) is 32.7 Å². The SMILES string of the molecule is Cc1cc(-c2cc(C(=O)N3CCNCC3)no2)cc2c1C(=O)N(CCC1CC1)C2. The second-order valence-electron chi connectivity index (χ2n) is 8.40. The zero-order valence-electron chi connectivity index (χ0n) is 16.7. The third-order valence-electron chi connectivity index (χ3n) is 6.20. The molecule has 1 N–H and O–H groups in total. The van der Waals surface area contributed by atoms with Crippen molar-refractivity contribution in [1.82, 2.24) is 20.3 Å². The maximum Gasteiger partial charge on any atom is 0.276 e. The van der Waals surface area contributed by atoms with Gasteiger partial charge in [0.25, 0.3) is 11.8 Å². The molecule has 1 saturated heterocycles. The number of benzene rings is 1. The first-order valence-corrected chi connectivity index (χ1v) is 10.5. The highest BCUT2D eigenvalue weighted by molar-refractivity contribution is 6.00. The van der Waals surface area contributed by atoms with Crippen molar-refractivity contribution in [1.29, 1.82) is 0 Å². The Hall–Kier alpha value is -2.67. The molecule has 1 aliphatic carbocycles. The van der Waals surface area contributed by atoms with E-state index in [0.717, 1.165) is 54.2 Å². The summed E-state index contributed by atoms with van der Waals surface area (Å²) in [7, 11) is 0. The lowest BCUT2D eigenvalue weighted by Gasteiger charge is -2.26. The number of carbonyl (C=O) groups is 2. The average molecular weight is 394 g/mol. The molecule has 1 aromatic heterocycles. The summed E-state index contributed by atoms with van der Waals surface area (Å²) in [4.78, 5) is 29.2. The van der Waals surface area contributed by atoms with Gasteiger partial charge in [0, 0.05) is 56.5 Å². The van der Waals surface area contributed by atoms with Crippen molar-refractivity contribution < 1.29 is 14.1 Å². The summed E-state index contributed by atoms with van der Waals surface area (Å²) in [6.07, 6.45) is 3.71. The smallest absolute Gasteiger partial charge is 0.276 e. The Morgan fingerprint density at radius 3 is 2.79 bits per heavy atom. The summed E-state index contributed by atoms with van der Waals surface area (Å²) in [5.41, 5.74) is 4.00. The summed E-state index contributed by atoms with van der Waals surface area (Å²) in [6, 6.07) is 5.69. The van der Waals surface area contributed by atoms with Crippen LogP contribution in [-0.4, -0.2) is 59.5 Å². The molecule has 5 rings (SSSR count). The third kappa shape index (κ3) is 3.55. The summed E-state index contributed by atoms with van der Waals surface area (Å²) in [5, 5.41) is 7.25. The Morgan fingerprint density at radius 1 is 1.24 bits per heavy atom. The van der Waals surface area contributed by atoms with Crippen molar-refractivity contribution in [3.63, 3.8) is 0 Å². The van der Waals surface area contributed by atoms with Crippen LogP contribution in [0, 0.1) is 12.8 Å². The van der Waals surface area contributed by atoms with E-state index in [1.165, 1.54) is 12.8 Å². The molecule has 3 heterocycles. The molecule has 7 nitrogen and oxygen atoms in total. The molecule has 0 spiro atoms. The fourth-order valence-corrected chi connectivity index (χ4v) is 4.34. The minimum Gasteiger partial charge on any atom is -0.355 e. The van der Waals surface area contributed by atoms with E-state index in [9.17, 15) is 9.59 Å². The van der Waals surface area contributed by atoms with Gasteiger partial charge in [0.15, 0.2) is 11.5 Å². The van der Waals surface area contributed by atoms with E-state index in [2.05, 4.69) is 10.5 Å². The highest BCUT2D eigenvalue weighted by Crippen LogP contribution is 2.35. The quantitative estimate of drug-likeness (QED) is 0.843. The minimum absolute atomic E-state index is 0.0965. The van der Waals surface area contributed by atoms with E-state index in [1.807, 2.05) is 24.0 Å². The molecule has 7 heteroatoms. The van der Waals surface area contributed by atoms with Crippen molar-refractivity contribution >= 4 is 11.8 Å². The molecular formula is C22H26N4O3. The van der Waals surface area contributed by atoms with Crippen LogP contribution in [0.4, 0.5) is 0 Å². The van der Waals surface area contributed by atoms with Gasteiger partial charge >= 0.3 is 0 Å². The van der Waals surface area contributed by atoms with Gasteiger partial charge in [-0.2, -0.15) is 0 Å². The van der Waals surface area contributed by atoms with Crippen molar-refractivity contribution in [2.24, 2.45) is 5.92 Å². The number of rotatable bonds is 5. The van der Waals surface area contributed by atoms with Gasteiger partial charge in [0.2, 0.25) is 0 Å². The highest BCUT2D eigenvalue weighted by Gasteiger charge is 2.31. The first-order valence-electron chi connectivity index (χ1n) is 10.5. The molecule has 2 amide bonds. The maximum atomic E-state index is 12.8. The van der Waals surface area contributed by atoms with E-state index >= 15 is 0 Å². The molecule has 2 aliphatic heterocycles. The molecule has 0 atom stereocenters. The van der Waals surface area contributed by atoms with Crippen LogP contribution in [0.3, 0.4) is 0 Å². The Morgan fingerprint density at radius 2 is 2.03 bits per heavy atom. The fourth-order valence-electron chi connectivity index (χ4n) is 4.34. The molecule has 3 aliphatic rings. The molecule has 0 unspecified atom stereocenters. The number of aryl methyl sites for hydroxylation is 1. The van der Waals surface area contributed by atoms with Gasteiger partial charge in [-0.15, -0.1) is 0 Å². The van der Waals surface area contributed by atoms with Crippen LogP contribution >= 0.6 is 0 Å². The summed E-state index contributed by atoms with van der Waals surface area (Å²) < 4.78 is 5.51. The molecule has 0 bridgehead atoms. The Bertz CT molecular complexity index is 957. The number of hydrogen-bond donors (Lipinski definition) is 1. The number of carbonyl (C=O) groups excluding carboxylic acids is 2. The van der Waals surface area contributed by atoms with Crippen molar-refractivity contribution in [2.75, 3.05) is 32.7 Å². The monoisotopic (exact) mass is 394 g/mol. The Labute approximate surface area is 170 Å².